The molecule has 1 aromatic heterocycles. The van der Waals surface area contributed by atoms with Gasteiger partial charge in [-0.05, 0) is 38.2 Å². The van der Waals surface area contributed by atoms with Gasteiger partial charge < -0.3 is 25.2 Å². The molecule has 10 heteroatoms. The molecule has 186 valence electrons. The zero-order valence-electron chi connectivity index (χ0n) is 20.1. The first-order valence-corrected chi connectivity index (χ1v) is 11.6. The van der Waals surface area contributed by atoms with Crippen molar-refractivity contribution in [1.82, 2.24) is 20.2 Å². The van der Waals surface area contributed by atoms with Crippen molar-refractivity contribution in [2.75, 3.05) is 63.7 Å². The number of aromatic nitrogens is 2. The smallest absolute Gasteiger partial charge is 0.253 e. The van der Waals surface area contributed by atoms with Gasteiger partial charge in [-0.2, -0.15) is 0 Å². The van der Waals surface area contributed by atoms with E-state index in [1.54, 1.807) is 30.3 Å². The molecule has 0 radical (unpaired) electrons. The first-order chi connectivity index (χ1) is 16.9. The fourth-order valence-corrected chi connectivity index (χ4v) is 4.10. The number of halogens is 2. The Balaban J connectivity index is 1.75. The summed E-state index contributed by atoms with van der Waals surface area (Å²) >= 11 is 0. The van der Waals surface area contributed by atoms with Crippen LogP contribution in [0.4, 0.5) is 20.3 Å². The number of morpholine rings is 1. The molecular formula is C25H30F2N6O2. The fourth-order valence-electron chi connectivity index (χ4n) is 4.10. The number of amides is 1. The molecular weight excluding hydrogens is 454 g/mol. The van der Waals surface area contributed by atoms with E-state index in [1.807, 2.05) is 14.0 Å². The summed E-state index contributed by atoms with van der Waals surface area (Å²) in [6.45, 7) is 5.70. The van der Waals surface area contributed by atoms with Crippen molar-refractivity contribution in [2.45, 2.75) is 13.0 Å². The van der Waals surface area contributed by atoms with Gasteiger partial charge in [0, 0.05) is 56.1 Å². The summed E-state index contributed by atoms with van der Waals surface area (Å²) in [6, 6.07) is 6.39. The molecule has 1 aliphatic heterocycles. The van der Waals surface area contributed by atoms with Crippen molar-refractivity contribution in [1.29, 1.82) is 0 Å². The molecule has 2 heterocycles. The maximum absolute atomic E-state index is 13.8. The lowest BCUT2D eigenvalue weighted by Crippen LogP contribution is -2.36. The third kappa shape index (κ3) is 5.83. The molecule has 0 spiro atoms. The van der Waals surface area contributed by atoms with Gasteiger partial charge in [0.1, 0.15) is 17.5 Å². The minimum absolute atomic E-state index is 0.147. The van der Waals surface area contributed by atoms with E-state index < -0.39 is 17.7 Å². The van der Waals surface area contributed by atoms with Gasteiger partial charge in [0.15, 0.2) is 0 Å². The third-order valence-electron chi connectivity index (χ3n) is 6.00. The van der Waals surface area contributed by atoms with Crippen molar-refractivity contribution in [3.63, 3.8) is 0 Å². The highest BCUT2D eigenvalue weighted by atomic mass is 19.1. The van der Waals surface area contributed by atoms with Crippen LogP contribution < -0.4 is 15.5 Å². The minimum atomic E-state index is -0.672. The second-order valence-corrected chi connectivity index (χ2v) is 8.62. The number of likely N-dealkylation sites (N-methyl/N-ethyl adjacent to an activating group) is 2. The Bertz CT molecular complexity index is 1180. The van der Waals surface area contributed by atoms with Crippen molar-refractivity contribution in [3.8, 4) is 0 Å². The number of anilines is 2. The van der Waals surface area contributed by atoms with Crippen LogP contribution in [0, 0.1) is 11.6 Å². The normalized spacial score (nSPS) is 14.7. The number of hydrogen-bond acceptors (Lipinski definition) is 7. The first kappa shape index (κ1) is 24.7. The van der Waals surface area contributed by atoms with Gasteiger partial charge in [-0.15, -0.1) is 0 Å². The van der Waals surface area contributed by atoms with E-state index in [-0.39, 0.29) is 5.91 Å². The Hall–Kier alpha value is -3.37. The molecule has 1 saturated heterocycles. The largest absolute Gasteiger partial charge is 0.378 e. The molecule has 2 aromatic carbocycles. The summed E-state index contributed by atoms with van der Waals surface area (Å²) in [5.74, 6) is -0.772. The Morgan fingerprint density at radius 3 is 2.57 bits per heavy atom. The lowest BCUT2D eigenvalue weighted by Gasteiger charge is -2.28. The summed E-state index contributed by atoms with van der Waals surface area (Å²) in [4.78, 5) is 26.4. The molecule has 1 aliphatic rings. The van der Waals surface area contributed by atoms with Gasteiger partial charge in [0.2, 0.25) is 0 Å². The number of hydrogen-bond donors (Lipinski definition) is 2. The second-order valence-electron chi connectivity index (χ2n) is 8.62. The number of fused-ring (bicyclic) bond motifs is 1. The Labute approximate surface area is 203 Å². The number of carbonyl (C=O) groups excluding carboxylic acids is 1. The van der Waals surface area contributed by atoms with E-state index in [1.165, 1.54) is 12.1 Å². The number of benzene rings is 2. The molecule has 4 rings (SSSR count). The summed E-state index contributed by atoms with van der Waals surface area (Å²) in [5.41, 5.74) is 2.67. The van der Waals surface area contributed by atoms with E-state index >= 15 is 0 Å². The van der Waals surface area contributed by atoms with E-state index in [0.717, 1.165) is 11.9 Å². The van der Waals surface area contributed by atoms with Crippen molar-refractivity contribution >= 4 is 28.4 Å². The second kappa shape index (κ2) is 10.9. The van der Waals surface area contributed by atoms with Crippen LogP contribution in [-0.2, 0) is 4.74 Å². The molecule has 1 unspecified atom stereocenters. The summed E-state index contributed by atoms with van der Waals surface area (Å²) in [7, 11) is 3.57. The van der Waals surface area contributed by atoms with Gasteiger partial charge in [-0.1, -0.05) is 0 Å². The Morgan fingerprint density at radius 2 is 1.89 bits per heavy atom. The van der Waals surface area contributed by atoms with E-state index in [2.05, 4.69) is 20.5 Å². The van der Waals surface area contributed by atoms with Gasteiger partial charge in [-0.3, -0.25) is 9.78 Å². The third-order valence-corrected chi connectivity index (χ3v) is 6.00. The van der Waals surface area contributed by atoms with Crippen LogP contribution in [0.15, 0.2) is 36.5 Å². The summed E-state index contributed by atoms with van der Waals surface area (Å²) in [6.07, 6.45) is 1.70. The summed E-state index contributed by atoms with van der Waals surface area (Å²) in [5, 5.41) is 6.18. The molecule has 35 heavy (non-hydrogen) atoms. The molecule has 1 amide bonds. The van der Waals surface area contributed by atoms with Crippen molar-refractivity contribution < 1.29 is 18.3 Å². The highest BCUT2D eigenvalue weighted by Crippen LogP contribution is 2.29. The molecule has 1 atom stereocenters. The molecule has 8 nitrogen and oxygen atoms in total. The van der Waals surface area contributed by atoms with E-state index in [0.29, 0.717) is 67.2 Å². The molecule has 0 saturated carbocycles. The van der Waals surface area contributed by atoms with Crippen LogP contribution in [0.5, 0.6) is 0 Å². The average Bonchev–Trinajstić information content (AvgIpc) is 2.85. The SMILES string of the molecule is CNCCN(C)C(=O)c1cc(C(C)Nc2cc(F)cc(F)c2)c2nc(N3CCOCC3)cnc2c1. The number of nitrogens with zero attached hydrogens (tertiary/aromatic N) is 4. The Kier molecular flexibility index (Phi) is 7.72. The zero-order chi connectivity index (χ0) is 24.9. The van der Waals surface area contributed by atoms with Gasteiger partial charge in [0.25, 0.3) is 5.91 Å². The molecule has 0 aliphatic carbocycles. The summed E-state index contributed by atoms with van der Waals surface area (Å²) < 4.78 is 33.0. The van der Waals surface area contributed by atoms with Crippen LogP contribution in [0.1, 0.15) is 28.9 Å². The number of carbonyl (C=O) groups is 1. The number of nitrogens with one attached hydrogen (secondary N) is 2. The quantitative estimate of drug-likeness (QED) is 0.508. The predicted octanol–water partition coefficient (Wildman–Crippen LogP) is 3.21. The maximum atomic E-state index is 13.8. The van der Waals surface area contributed by atoms with Gasteiger partial charge in [-0.25, -0.2) is 13.8 Å². The Morgan fingerprint density at radius 1 is 1.17 bits per heavy atom. The standard InChI is InChI=1S/C25H30F2N6O2/c1-16(30-20-13-18(26)12-19(27)14-20)21-10-17(25(34)32(3)5-4-28-2)11-22-24(21)31-23(15-29-22)33-6-8-35-9-7-33/h10-16,28,30H,4-9H2,1-3H3. The number of ether oxygens (including phenoxy) is 1. The van der Waals surface area contributed by atoms with Crippen molar-refractivity contribution in [3.05, 3.63) is 59.3 Å². The molecule has 0 bridgehead atoms. The van der Waals surface area contributed by atoms with Crippen LogP contribution >= 0.6 is 0 Å². The van der Waals surface area contributed by atoms with Crippen molar-refractivity contribution in [2.24, 2.45) is 0 Å². The molecule has 2 N–H and O–H groups in total. The predicted molar refractivity (Wildman–Crippen MR) is 132 cm³/mol. The van der Waals surface area contributed by atoms with E-state index in [4.69, 9.17) is 9.72 Å². The monoisotopic (exact) mass is 484 g/mol. The van der Waals surface area contributed by atoms with Gasteiger partial charge >= 0.3 is 0 Å². The van der Waals surface area contributed by atoms with Gasteiger partial charge in [0.05, 0.1) is 36.5 Å². The van der Waals surface area contributed by atoms with Crippen LogP contribution in [0.2, 0.25) is 0 Å². The molecule has 3 aromatic rings. The lowest BCUT2D eigenvalue weighted by molar-refractivity contribution is 0.0797. The highest BCUT2D eigenvalue weighted by molar-refractivity contribution is 5.98. The van der Waals surface area contributed by atoms with Crippen LogP contribution in [-0.4, -0.2) is 74.3 Å². The van der Waals surface area contributed by atoms with Crippen LogP contribution in [0.3, 0.4) is 0 Å². The average molecular weight is 485 g/mol. The maximum Gasteiger partial charge on any atom is 0.253 e. The highest BCUT2D eigenvalue weighted by Gasteiger charge is 2.21. The minimum Gasteiger partial charge on any atom is -0.378 e. The topological polar surface area (TPSA) is 82.6 Å². The number of rotatable bonds is 8. The lowest BCUT2D eigenvalue weighted by atomic mass is 10.0. The first-order valence-electron chi connectivity index (χ1n) is 11.6. The van der Waals surface area contributed by atoms with Crippen LogP contribution in [0.25, 0.3) is 11.0 Å². The zero-order valence-corrected chi connectivity index (χ0v) is 20.1. The molecule has 1 fully saturated rings. The fraction of sp³-hybridized carbons (Fsp3) is 0.400. The van der Waals surface area contributed by atoms with E-state index in [9.17, 15) is 13.6 Å².